The van der Waals surface area contributed by atoms with Crippen LogP contribution in [0.2, 0.25) is 0 Å². The Morgan fingerprint density at radius 2 is 1.95 bits per heavy atom. The molecule has 1 aliphatic heterocycles. The van der Waals surface area contributed by atoms with Gasteiger partial charge in [0.2, 0.25) is 0 Å². The Bertz CT molecular complexity index is 413. The topological polar surface area (TPSA) is 15.3 Å². The highest BCUT2D eigenvalue weighted by Crippen LogP contribution is 2.29. The standard InChI is InChI=1S/C18H30N2S/c1-18(2,3)17-14-20(11-8-12-21-4)16(13-19-17)15-9-6-5-7-10-15/h5-7,9-10,16-17,19H,8,11-14H2,1-4H3. The molecule has 1 aromatic carbocycles. The number of nitrogens with zero attached hydrogens (tertiary/aromatic N) is 1. The molecule has 1 aliphatic rings. The van der Waals surface area contributed by atoms with Crippen LogP contribution in [0.15, 0.2) is 30.3 Å². The summed E-state index contributed by atoms with van der Waals surface area (Å²) in [7, 11) is 0. The quantitative estimate of drug-likeness (QED) is 0.833. The first kappa shape index (κ1) is 16.9. The molecule has 1 N–H and O–H groups in total. The molecule has 1 saturated heterocycles. The molecule has 0 radical (unpaired) electrons. The van der Waals surface area contributed by atoms with E-state index in [9.17, 15) is 0 Å². The van der Waals surface area contributed by atoms with Gasteiger partial charge in [0.25, 0.3) is 0 Å². The third kappa shape index (κ3) is 4.73. The van der Waals surface area contributed by atoms with E-state index >= 15 is 0 Å². The minimum atomic E-state index is 0.319. The van der Waals surface area contributed by atoms with Crippen molar-refractivity contribution in [2.45, 2.75) is 39.3 Å². The first-order chi connectivity index (χ1) is 10.0. The minimum Gasteiger partial charge on any atom is -0.310 e. The zero-order valence-electron chi connectivity index (χ0n) is 13.9. The molecule has 0 spiro atoms. The maximum atomic E-state index is 3.78. The van der Waals surface area contributed by atoms with Gasteiger partial charge in [0.05, 0.1) is 0 Å². The zero-order valence-corrected chi connectivity index (χ0v) is 14.7. The Labute approximate surface area is 134 Å². The summed E-state index contributed by atoms with van der Waals surface area (Å²) in [4.78, 5) is 2.69. The van der Waals surface area contributed by atoms with Gasteiger partial charge >= 0.3 is 0 Å². The molecule has 21 heavy (non-hydrogen) atoms. The lowest BCUT2D eigenvalue weighted by Crippen LogP contribution is -2.57. The molecule has 0 aromatic heterocycles. The van der Waals surface area contributed by atoms with Crippen molar-refractivity contribution < 1.29 is 0 Å². The highest BCUT2D eigenvalue weighted by Gasteiger charge is 2.34. The molecule has 2 nitrogen and oxygen atoms in total. The van der Waals surface area contributed by atoms with Gasteiger partial charge in [-0.15, -0.1) is 0 Å². The smallest absolute Gasteiger partial charge is 0.0473 e. The van der Waals surface area contributed by atoms with Crippen LogP contribution in [0.4, 0.5) is 0 Å². The van der Waals surface area contributed by atoms with Gasteiger partial charge in [-0.1, -0.05) is 51.1 Å². The van der Waals surface area contributed by atoms with E-state index < -0.39 is 0 Å². The van der Waals surface area contributed by atoms with Gasteiger partial charge in [0, 0.05) is 25.2 Å². The molecular formula is C18H30N2S. The first-order valence-corrected chi connectivity index (χ1v) is 9.43. The largest absolute Gasteiger partial charge is 0.310 e. The minimum absolute atomic E-state index is 0.319. The zero-order chi connectivity index (χ0) is 15.3. The van der Waals surface area contributed by atoms with Gasteiger partial charge < -0.3 is 5.32 Å². The van der Waals surface area contributed by atoms with Crippen LogP contribution < -0.4 is 5.32 Å². The van der Waals surface area contributed by atoms with E-state index in [4.69, 9.17) is 0 Å². The fourth-order valence-electron chi connectivity index (χ4n) is 3.05. The van der Waals surface area contributed by atoms with Gasteiger partial charge in [-0.2, -0.15) is 11.8 Å². The van der Waals surface area contributed by atoms with Crippen LogP contribution in [0.1, 0.15) is 38.8 Å². The Kier molecular flexibility index (Phi) is 6.15. The van der Waals surface area contributed by atoms with Crippen LogP contribution >= 0.6 is 11.8 Å². The number of hydrogen-bond donors (Lipinski definition) is 1. The summed E-state index contributed by atoms with van der Waals surface area (Å²) >= 11 is 1.95. The van der Waals surface area contributed by atoms with Crippen LogP contribution in [-0.2, 0) is 0 Å². The van der Waals surface area contributed by atoms with Crippen LogP contribution in [0.3, 0.4) is 0 Å². The lowest BCUT2D eigenvalue weighted by molar-refractivity contribution is 0.0858. The molecule has 0 bridgehead atoms. The van der Waals surface area contributed by atoms with E-state index in [1.165, 1.54) is 24.3 Å². The average molecular weight is 307 g/mol. The third-order valence-electron chi connectivity index (χ3n) is 4.44. The second kappa shape index (κ2) is 7.66. The van der Waals surface area contributed by atoms with Crippen molar-refractivity contribution in [3.63, 3.8) is 0 Å². The maximum Gasteiger partial charge on any atom is 0.0473 e. The van der Waals surface area contributed by atoms with Crippen molar-refractivity contribution in [1.82, 2.24) is 10.2 Å². The Morgan fingerprint density at radius 1 is 1.24 bits per heavy atom. The molecule has 1 heterocycles. The van der Waals surface area contributed by atoms with Crippen molar-refractivity contribution in [3.8, 4) is 0 Å². The fraction of sp³-hybridized carbons (Fsp3) is 0.667. The molecule has 0 amide bonds. The van der Waals surface area contributed by atoms with Crippen molar-refractivity contribution in [3.05, 3.63) is 35.9 Å². The molecule has 2 rings (SSSR count). The average Bonchev–Trinajstić information content (AvgIpc) is 2.47. The second-order valence-electron chi connectivity index (χ2n) is 7.09. The van der Waals surface area contributed by atoms with E-state index in [0.29, 0.717) is 17.5 Å². The lowest BCUT2D eigenvalue weighted by atomic mass is 9.84. The van der Waals surface area contributed by atoms with E-state index in [1.807, 2.05) is 11.8 Å². The maximum absolute atomic E-state index is 3.78. The van der Waals surface area contributed by atoms with Crippen LogP contribution in [0.5, 0.6) is 0 Å². The van der Waals surface area contributed by atoms with E-state index in [1.54, 1.807) is 0 Å². The molecule has 1 aromatic rings. The summed E-state index contributed by atoms with van der Waals surface area (Å²) in [6.07, 6.45) is 3.48. The number of piperazine rings is 1. The van der Waals surface area contributed by atoms with Crippen LogP contribution in [0.25, 0.3) is 0 Å². The van der Waals surface area contributed by atoms with Crippen LogP contribution in [0, 0.1) is 5.41 Å². The number of benzene rings is 1. The van der Waals surface area contributed by atoms with E-state index in [0.717, 1.165) is 13.1 Å². The summed E-state index contributed by atoms with van der Waals surface area (Å²) in [6.45, 7) is 10.4. The number of hydrogen-bond acceptors (Lipinski definition) is 3. The molecule has 0 aliphatic carbocycles. The highest BCUT2D eigenvalue weighted by atomic mass is 32.2. The predicted molar refractivity (Wildman–Crippen MR) is 95.0 cm³/mol. The summed E-state index contributed by atoms with van der Waals surface area (Å²) < 4.78 is 0. The number of rotatable bonds is 5. The normalized spacial score (nSPS) is 24.2. The van der Waals surface area contributed by atoms with Crippen LogP contribution in [-0.4, -0.2) is 42.6 Å². The molecule has 3 heteroatoms. The molecular weight excluding hydrogens is 276 g/mol. The first-order valence-electron chi connectivity index (χ1n) is 8.03. The SMILES string of the molecule is CSCCCN1CC(C(C)(C)C)NCC1c1ccccc1. The summed E-state index contributed by atoms with van der Waals surface area (Å²) in [6, 6.07) is 12.1. The fourth-order valence-corrected chi connectivity index (χ4v) is 3.47. The van der Waals surface area contributed by atoms with Gasteiger partial charge in [-0.3, -0.25) is 4.90 Å². The van der Waals surface area contributed by atoms with Crippen molar-refractivity contribution in [1.29, 1.82) is 0 Å². The molecule has 1 fully saturated rings. The van der Waals surface area contributed by atoms with Gasteiger partial charge in [-0.25, -0.2) is 0 Å². The highest BCUT2D eigenvalue weighted by molar-refractivity contribution is 7.98. The van der Waals surface area contributed by atoms with Crippen molar-refractivity contribution in [2.24, 2.45) is 5.41 Å². The van der Waals surface area contributed by atoms with Crippen molar-refractivity contribution in [2.75, 3.05) is 31.6 Å². The lowest BCUT2D eigenvalue weighted by Gasteiger charge is -2.45. The Morgan fingerprint density at radius 3 is 2.57 bits per heavy atom. The van der Waals surface area contributed by atoms with Gasteiger partial charge in [-0.05, 0) is 36.0 Å². The number of thioether (sulfide) groups is 1. The third-order valence-corrected chi connectivity index (χ3v) is 5.14. The monoisotopic (exact) mass is 306 g/mol. The summed E-state index contributed by atoms with van der Waals surface area (Å²) in [5, 5.41) is 3.78. The summed E-state index contributed by atoms with van der Waals surface area (Å²) in [5.41, 5.74) is 1.76. The Balaban J connectivity index is 2.08. The van der Waals surface area contributed by atoms with Gasteiger partial charge in [0.1, 0.15) is 0 Å². The Hall–Kier alpha value is -0.510. The van der Waals surface area contributed by atoms with E-state index in [-0.39, 0.29) is 0 Å². The molecule has 0 saturated carbocycles. The molecule has 2 atom stereocenters. The number of nitrogens with one attached hydrogen (secondary N) is 1. The van der Waals surface area contributed by atoms with Gasteiger partial charge in [0.15, 0.2) is 0 Å². The van der Waals surface area contributed by atoms with E-state index in [2.05, 4.69) is 67.6 Å². The molecule has 118 valence electrons. The van der Waals surface area contributed by atoms with Crippen molar-refractivity contribution >= 4 is 11.8 Å². The second-order valence-corrected chi connectivity index (χ2v) is 8.08. The molecule has 2 unspecified atom stereocenters. The predicted octanol–water partition coefficient (Wildman–Crippen LogP) is 3.80. The summed E-state index contributed by atoms with van der Waals surface area (Å²) in [5.74, 6) is 1.26.